The first-order valence-corrected chi connectivity index (χ1v) is 14.6. The quantitative estimate of drug-likeness (QED) is 0.190. The average molecular weight is 578 g/mol. The van der Waals surface area contributed by atoms with Gasteiger partial charge in [0.1, 0.15) is 29.2 Å². The maximum atomic E-state index is 14.7. The van der Waals surface area contributed by atoms with Gasteiger partial charge in [0.05, 0.1) is 28.1 Å². The van der Waals surface area contributed by atoms with Gasteiger partial charge in [-0.2, -0.15) is 5.10 Å². The van der Waals surface area contributed by atoms with Gasteiger partial charge in [-0.15, -0.1) is 0 Å². The Morgan fingerprint density at radius 3 is 2.67 bits per heavy atom. The fraction of sp³-hybridized carbons (Fsp3) is 0.281. The number of pyridine rings is 3. The molecule has 0 spiro atoms. The van der Waals surface area contributed by atoms with Crippen molar-refractivity contribution in [2.45, 2.75) is 32.7 Å². The van der Waals surface area contributed by atoms with E-state index in [1.165, 1.54) is 25.0 Å². The number of H-pyrrole nitrogens is 2. The first-order valence-electron chi connectivity index (χ1n) is 14.6. The Labute approximate surface area is 247 Å². The van der Waals surface area contributed by atoms with Gasteiger partial charge >= 0.3 is 0 Å². The molecule has 1 fully saturated rings. The number of aromatic nitrogens is 7. The Kier molecular flexibility index (Phi) is 7.15. The molecule has 1 aliphatic heterocycles. The number of likely N-dealkylation sites (tertiary alicyclic amines) is 1. The van der Waals surface area contributed by atoms with Crippen molar-refractivity contribution in [3.05, 3.63) is 66.9 Å². The van der Waals surface area contributed by atoms with E-state index in [1.807, 2.05) is 30.3 Å². The van der Waals surface area contributed by atoms with Gasteiger partial charge in [-0.25, -0.2) is 14.4 Å². The van der Waals surface area contributed by atoms with Crippen LogP contribution in [0.5, 0.6) is 5.75 Å². The summed E-state index contributed by atoms with van der Waals surface area (Å²) in [4.78, 5) is 24.5. The Balaban J connectivity index is 1.21. The van der Waals surface area contributed by atoms with E-state index in [2.05, 4.69) is 49.2 Å². The topological polar surface area (TPSA) is 121 Å². The highest BCUT2D eigenvalue weighted by Crippen LogP contribution is 2.32. The van der Waals surface area contributed by atoms with E-state index in [1.54, 1.807) is 18.6 Å². The van der Waals surface area contributed by atoms with Crippen LogP contribution in [0.4, 0.5) is 10.1 Å². The van der Waals surface area contributed by atoms with E-state index in [-0.39, 0.29) is 11.9 Å². The lowest BCUT2D eigenvalue weighted by molar-refractivity contribution is 0.237. The highest BCUT2D eigenvalue weighted by atomic mass is 19.1. The summed E-state index contributed by atoms with van der Waals surface area (Å²) in [5.74, 6) is 0.619. The van der Waals surface area contributed by atoms with Crippen molar-refractivity contribution in [1.82, 2.24) is 40.0 Å². The monoisotopic (exact) mass is 577 g/mol. The number of halogens is 1. The smallest absolute Gasteiger partial charge is 0.161 e. The molecule has 0 bridgehead atoms. The number of ether oxygens (including phenoxy) is 1. The second-order valence-electron chi connectivity index (χ2n) is 11.1. The molecule has 7 rings (SSSR count). The summed E-state index contributed by atoms with van der Waals surface area (Å²) >= 11 is 0. The van der Waals surface area contributed by atoms with Gasteiger partial charge in [0.15, 0.2) is 11.5 Å². The second-order valence-corrected chi connectivity index (χ2v) is 11.1. The molecular formula is C32H32FN9O. The van der Waals surface area contributed by atoms with Crippen LogP contribution >= 0.6 is 0 Å². The first kappa shape index (κ1) is 27.0. The molecular weight excluding hydrogens is 545 g/mol. The number of imidazole rings is 1. The van der Waals surface area contributed by atoms with Gasteiger partial charge in [-0.3, -0.25) is 20.0 Å². The standard InChI is InChI=1S/C32H32FN9O/c1-19(2)36-23-14-21(17-34-18-23)25-5-6-27-30(37-25)31(41-40-27)32-38-26-7-8-35-28(29(26)39-32)20-13-22(33)16-24(15-20)43-12-11-42-9-3-4-10-42/h5-8,13-19,36H,3-4,9-12H2,1-2H3,(H,38,39)(H,40,41). The zero-order chi connectivity index (χ0) is 29.3. The average Bonchev–Trinajstić information content (AvgIpc) is 3.76. The lowest BCUT2D eigenvalue weighted by Gasteiger charge is -2.15. The van der Waals surface area contributed by atoms with E-state index in [0.717, 1.165) is 47.6 Å². The maximum absolute atomic E-state index is 14.7. The molecule has 3 N–H and O–H groups in total. The van der Waals surface area contributed by atoms with Crippen LogP contribution in [0.1, 0.15) is 26.7 Å². The van der Waals surface area contributed by atoms with Crippen molar-refractivity contribution in [3.63, 3.8) is 0 Å². The SMILES string of the molecule is CC(C)Nc1cncc(-c2ccc3[nH]nc(-c4nc5c(-c6cc(F)cc(OCCN7CCCC7)c6)nccc5[nH]4)c3n2)c1. The molecule has 43 heavy (non-hydrogen) atoms. The molecule has 1 saturated heterocycles. The van der Waals surface area contributed by atoms with Crippen molar-refractivity contribution >= 4 is 27.8 Å². The summed E-state index contributed by atoms with van der Waals surface area (Å²) in [6.45, 7) is 7.68. The van der Waals surface area contributed by atoms with Gasteiger partial charge in [-0.1, -0.05) is 0 Å². The summed E-state index contributed by atoms with van der Waals surface area (Å²) in [6, 6.07) is 12.7. The molecule has 0 atom stereocenters. The normalized spacial score (nSPS) is 13.9. The number of aromatic amines is 2. The molecule has 1 aromatic carbocycles. The summed E-state index contributed by atoms with van der Waals surface area (Å²) < 4.78 is 20.7. The number of nitrogens with zero attached hydrogens (tertiary/aromatic N) is 6. The fourth-order valence-electron chi connectivity index (χ4n) is 5.56. The Hall–Kier alpha value is -4.90. The Morgan fingerprint density at radius 2 is 1.81 bits per heavy atom. The van der Waals surface area contributed by atoms with E-state index in [0.29, 0.717) is 46.2 Å². The molecule has 0 saturated carbocycles. The molecule has 10 nitrogen and oxygen atoms in total. The van der Waals surface area contributed by atoms with Crippen LogP contribution in [0.25, 0.3) is 56.1 Å². The largest absolute Gasteiger partial charge is 0.492 e. The van der Waals surface area contributed by atoms with E-state index in [9.17, 15) is 4.39 Å². The molecule has 218 valence electrons. The fourth-order valence-corrected chi connectivity index (χ4v) is 5.56. The van der Waals surface area contributed by atoms with Crippen molar-refractivity contribution in [2.24, 2.45) is 0 Å². The van der Waals surface area contributed by atoms with Crippen LogP contribution in [0.2, 0.25) is 0 Å². The zero-order valence-corrected chi connectivity index (χ0v) is 24.1. The molecule has 6 aromatic rings. The molecule has 0 aliphatic carbocycles. The number of anilines is 1. The zero-order valence-electron chi connectivity index (χ0n) is 24.1. The van der Waals surface area contributed by atoms with Gasteiger partial charge in [0, 0.05) is 48.4 Å². The first-order chi connectivity index (χ1) is 21.0. The van der Waals surface area contributed by atoms with Crippen molar-refractivity contribution in [2.75, 3.05) is 31.6 Å². The third-order valence-corrected chi connectivity index (χ3v) is 7.54. The van der Waals surface area contributed by atoms with Crippen LogP contribution in [-0.2, 0) is 0 Å². The predicted octanol–water partition coefficient (Wildman–Crippen LogP) is 6.06. The number of nitrogens with one attached hydrogen (secondary N) is 3. The summed E-state index contributed by atoms with van der Waals surface area (Å²) in [5, 5.41) is 11.0. The molecule has 0 unspecified atom stereocenters. The molecule has 6 heterocycles. The van der Waals surface area contributed by atoms with E-state index in [4.69, 9.17) is 14.7 Å². The lowest BCUT2D eigenvalue weighted by atomic mass is 10.1. The molecule has 1 aliphatic rings. The molecule has 0 radical (unpaired) electrons. The van der Waals surface area contributed by atoms with Gasteiger partial charge in [0.2, 0.25) is 0 Å². The summed E-state index contributed by atoms with van der Waals surface area (Å²) in [5.41, 5.74) is 7.12. The number of hydrogen-bond acceptors (Lipinski definition) is 8. The number of rotatable bonds is 9. The van der Waals surface area contributed by atoms with Gasteiger partial charge in [-0.05, 0) is 76.2 Å². The Bertz CT molecular complexity index is 1910. The van der Waals surface area contributed by atoms with Gasteiger partial charge in [0.25, 0.3) is 0 Å². The van der Waals surface area contributed by atoms with Crippen LogP contribution in [-0.4, -0.2) is 72.3 Å². The van der Waals surface area contributed by atoms with Crippen molar-refractivity contribution < 1.29 is 9.13 Å². The number of hydrogen-bond donors (Lipinski definition) is 3. The summed E-state index contributed by atoms with van der Waals surface area (Å²) in [7, 11) is 0. The minimum absolute atomic E-state index is 0.284. The second kappa shape index (κ2) is 11.4. The van der Waals surface area contributed by atoms with Gasteiger partial charge < -0.3 is 15.0 Å². The van der Waals surface area contributed by atoms with Crippen LogP contribution < -0.4 is 10.1 Å². The maximum Gasteiger partial charge on any atom is 0.161 e. The molecule has 5 aromatic heterocycles. The minimum atomic E-state index is -0.389. The summed E-state index contributed by atoms with van der Waals surface area (Å²) in [6.07, 6.45) is 7.72. The van der Waals surface area contributed by atoms with Crippen molar-refractivity contribution in [1.29, 1.82) is 0 Å². The van der Waals surface area contributed by atoms with Crippen LogP contribution in [0.15, 0.2) is 61.1 Å². The minimum Gasteiger partial charge on any atom is -0.492 e. The molecule has 0 amide bonds. The lowest BCUT2D eigenvalue weighted by Crippen LogP contribution is -2.25. The number of benzene rings is 1. The highest BCUT2D eigenvalue weighted by Gasteiger charge is 2.19. The Morgan fingerprint density at radius 1 is 0.953 bits per heavy atom. The molecule has 11 heteroatoms. The number of fused-ring (bicyclic) bond motifs is 2. The third kappa shape index (κ3) is 5.63. The predicted molar refractivity (Wildman–Crippen MR) is 165 cm³/mol. The third-order valence-electron chi connectivity index (χ3n) is 7.54. The van der Waals surface area contributed by atoms with Crippen LogP contribution in [0.3, 0.4) is 0 Å². The van der Waals surface area contributed by atoms with Crippen LogP contribution in [0, 0.1) is 5.82 Å². The van der Waals surface area contributed by atoms with E-state index < -0.39 is 0 Å². The van der Waals surface area contributed by atoms with E-state index >= 15 is 0 Å². The highest BCUT2D eigenvalue weighted by molar-refractivity contribution is 5.95. The van der Waals surface area contributed by atoms with Crippen molar-refractivity contribution in [3.8, 4) is 39.8 Å².